The Morgan fingerprint density at radius 2 is 1.90 bits per heavy atom. The predicted octanol–water partition coefficient (Wildman–Crippen LogP) is 2.94. The molecule has 0 saturated carbocycles. The number of aryl methyl sites for hydroxylation is 2. The lowest BCUT2D eigenvalue weighted by molar-refractivity contribution is -0.385. The summed E-state index contributed by atoms with van der Waals surface area (Å²) in [5.41, 5.74) is 1.26. The van der Waals surface area contributed by atoms with Crippen molar-refractivity contribution in [3.63, 3.8) is 0 Å². The van der Waals surface area contributed by atoms with Gasteiger partial charge in [0.05, 0.1) is 17.3 Å². The van der Waals surface area contributed by atoms with Crippen molar-refractivity contribution >= 4 is 25.4 Å². The number of rotatable bonds is 7. The average Bonchev–Trinajstić information content (AvgIpc) is 2.30. The van der Waals surface area contributed by atoms with Gasteiger partial charge >= 0.3 is 0 Å². The van der Waals surface area contributed by atoms with Crippen molar-refractivity contribution in [2.75, 3.05) is 12.4 Å². The molecule has 0 aliphatic heterocycles. The average molecular weight is 322 g/mol. The minimum atomic E-state index is -3.46. The van der Waals surface area contributed by atoms with Gasteiger partial charge in [-0.1, -0.05) is 0 Å². The fraction of sp³-hybridized carbons (Fsp3) is 0.500. The second-order valence-corrected chi connectivity index (χ2v) is 7.36. The van der Waals surface area contributed by atoms with Crippen molar-refractivity contribution in [2.24, 2.45) is 0 Å². The highest BCUT2D eigenvalue weighted by Crippen LogP contribution is 2.27. The maximum absolute atomic E-state index is 10.8. The molecule has 0 N–H and O–H groups in total. The molecule has 1 aromatic carbocycles. The molecule has 0 unspecified atom stereocenters. The molecule has 1 aromatic rings. The molecule has 6 nitrogen and oxygen atoms in total. The topological polar surface area (TPSA) is 86.5 Å². The number of ether oxygens (including phenoxy) is 1. The largest absolute Gasteiger partial charge is 0.493 e. The summed E-state index contributed by atoms with van der Waals surface area (Å²) in [5.74, 6) is 0.484. The van der Waals surface area contributed by atoms with E-state index in [1.165, 1.54) is 6.07 Å². The van der Waals surface area contributed by atoms with Crippen LogP contribution in [0.5, 0.6) is 5.75 Å². The lowest BCUT2D eigenvalue weighted by Crippen LogP contribution is -2.04. The summed E-state index contributed by atoms with van der Waals surface area (Å²) in [7, 11) is 1.63. The Balaban J connectivity index is 2.57. The zero-order chi connectivity index (χ0) is 15.3. The fourth-order valence-corrected chi connectivity index (χ4v) is 2.56. The summed E-state index contributed by atoms with van der Waals surface area (Å²) in [5, 5.41) is 10.8. The van der Waals surface area contributed by atoms with Crippen LogP contribution < -0.4 is 4.74 Å². The van der Waals surface area contributed by atoms with E-state index in [2.05, 4.69) is 0 Å². The van der Waals surface area contributed by atoms with Crippen LogP contribution in [0.3, 0.4) is 0 Å². The third kappa shape index (κ3) is 5.34. The highest BCUT2D eigenvalue weighted by atomic mass is 35.7. The van der Waals surface area contributed by atoms with Crippen LogP contribution in [0.15, 0.2) is 12.1 Å². The zero-order valence-corrected chi connectivity index (χ0v) is 12.8. The molecular weight excluding hydrogens is 306 g/mol. The van der Waals surface area contributed by atoms with Gasteiger partial charge in [-0.3, -0.25) is 10.1 Å². The number of benzene rings is 1. The third-order valence-electron chi connectivity index (χ3n) is 2.73. The smallest absolute Gasteiger partial charge is 0.272 e. The van der Waals surface area contributed by atoms with Gasteiger partial charge in [0.15, 0.2) is 0 Å². The number of hydrogen-bond acceptors (Lipinski definition) is 5. The molecule has 0 spiro atoms. The van der Waals surface area contributed by atoms with Crippen molar-refractivity contribution in [1.29, 1.82) is 0 Å². The summed E-state index contributed by atoms with van der Waals surface area (Å²) in [6.45, 7) is 3.71. The van der Waals surface area contributed by atoms with Crippen molar-refractivity contribution in [1.82, 2.24) is 0 Å². The summed E-state index contributed by atoms with van der Waals surface area (Å²) in [4.78, 5) is 10.3. The molecule has 0 radical (unpaired) electrons. The summed E-state index contributed by atoms with van der Waals surface area (Å²) < 4.78 is 27.0. The van der Waals surface area contributed by atoms with Crippen LogP contribution in [0, 0.1) is 24.0 Å². The van der Waals surface area contributed by atoms with Gasteiger partial charge in [-0.2, -0.15) is 0 Å². The highest BCUT2D eigenvalue weighted by molar-refractivity contribution is 8.13. The Bertz CT molecular complexity index is 600. The summed E-state index contributed by atoms with van der Waals surface area (Å²) in [6.07, 6.45) is 0.957. The molecule has 0 aliphatic rings. The second kappa shape index (κ2) is 6.90. The molecule has 8 heteroatoms. The Kier molecular flexibility index (Phi) is 5.76. The van der Waals surface area contributed by atoms with E-state index in [0.29, 0.717) is 36.3 Å². The first-order valence-electron chi connectivity index (χ1n) is 6.01. The highest BCUT2D eigenvalue weighted by Gasteiger charge is 2.14. The maximum Gasteiger partial charge on any atom is 0.272 e. The molecule has 0 saturated heterocycles. The zero-order valence-electron chi connectivity index (χ0n) is 11.3. The van der Waals surface area contributed by atoms with Crippen molar-refractivity contribution in [3.05, 3.63) is 33.4 Å². The Morgan fingerprint density at radius 1 is 1.25 bits per heavy atom. The molecule has 112 valence electrons. The van der Waals surface area contributed by atoms with Gasteiger partial charge in [0.25, 0.3) is 5.69 Å². The van der Waals surface area contributed by atoms with Crippen molar-refractivity contribution < 1.29 is 18.1 Å². The van der Waals surface area contributed by atoms with Gasteiger partial charge in [-0.15, -0.1) is 0 Å². The number of nitrogens with zero attached hydrogens (tertiary/aromatic N) is 1. The minimum Gasteiger partial charge on any atom is -0.493 e. The van der Waals surface area contributed by atoms with E-state index in [9.17, 15) is 18.5 Å². The Hall–Kier alpha value is -1.34. The van der Waals surface area contributed by atoms with Crippen LogP contribution in [0.1, 0.15) is 24.0 Å². The van der Waals surface area contributed by atoms with Crippen LogP contribution in [0.25, 0.3) is 0 Å². The number of hydrogen-bond donors (Lipinski definition) is 0. The third-order valence-corrected chi connectivity index (χ3v) is 3.97. The first kappa shape index (κ1) is 16.7. The molecule has 20 heavy (non-hydrogen) atoms. The second-order valence-electron chi connectivity index (χ2n) is 4.46. The van der Waals surface area contributed by atoms with E-state index in [1.54, 1.807) is 19.9 Å². The SMILES string of the molecule is Cc1cc([N+](=O)[O-])c(C)cc1OCCCCS(=O)(=O)Cl. The van der Waals surface area contributed by atoms with E-state index in [0.717, 1.165) is 0 Å². The Labute approximate surface area is 122 Å². The predicted molar refractivity (Wildman–Crippen MR) is 76.9 cm³/mol. The van der Waals surface area contributed by atoms with E-state index >= 15 is 0 Å². The van der Waals surface area contributed by atoms with Gasteiger partial charge in [-0.05, 0) is 38.3 Å². The summed E-state index contributed by atoms with van der Waals surface area (Å²) in [6, 6.07) is 3.08. The standard InChI is InChI=1S/C12H16ClNO5S/c1-9-8-12(10(2)7-11(9)14(15)16)19-5-3-4-6-20(13,17)18/h7-8H,3-6H2,1-2H3. The van der Waals surface area contributed by atoms with Crippen LogP contribution in [0.4, 0.5) is 5.69 Å². The quantitative estimate of drug-likeness (QED) is 0.333. The normalized spacial score (nSPS) is 11.3. The van der Waals surface area contributed by atoms with Gasteiger partial charge in [0, 0.05) is 22.3 Å². The molecular formula is C12H16ClNO5S. The van der Waals surface area contributed by atoms with Crippen LogP contribution >= 0.6 is 10.7 Å². The van der Waals surface area contributed by atoms with E-state index < -0.39 is 14.0 Å². The number of unbranched alkanes of at least 4 members (excludes halogenated alkanes) is 1. The first-order valence-corrected chi connectivity index (χ1v) is 8.49. The van der Waals surface area contributed by atoms with E-state index in [-0.39, 0.29) is 11.4 Å². The van der Waals surface area contributed by atoms with Crippen LogP contribution in [-0.2, 0) is 9.05 Å². The lowest BCUT2D eigenvalue weighted by atomic mass is 10.1. The first-order chi connectivity index (χ1) is 9.20. The number of halogens is 1. The van der Waals surface area contributed by atoms with Crippen molar-refractivity contribution in [2.45, 2.75) is 26.7 Å². The van der Waals surface area contributed by atoms with Crippen molar-refractivity contribution in [3.8, 4) is 5.75 Å². The van der Waals surface area contributed by atoms with E-state index in [4.69, 9.17) is 15.4 Å². The molecule has 0 bridgehead atoms. The molecule has 0 amide bonds. The molecule has 1 rings (SSSR count). The van der Waals surface area contributed by atoms with Gasteiger partial charge < -0.3 is 4.74 Å². The lowest BCUT2D eigenvalue weighted by Gasteiger charge is -2.10. The van der Waals surface area contributed by atoms with Gasteiger partial charge in [0.2, 0.25) is 9.05 Å². The van der Waals surface area contributed by atoms with Crippen LogP contribution in [0.2, 0.25) is 0 Å². The number of nitro groups is 1. The van der Waals surface area contributed by atoms with Gasteiger partial charge in [0.1, 0.15) is 5.75 Å². The molecule has 0 atom stereocenters. The molecule has 0 aromatic heterocycles. The summed E-state index contributed by atoms with van der Waals surface area (Å²) >= 11 is 0. The van der Waals surface area contributed by atoms with Gasteiger partial charge in [-0.25, -0.2) is 8.42 Å². The molecule has 0 heterocycles. The fourth-order valence-electron chi connectivity index (χ4n) is 1.69. The molecule has 0 aliphatic carbocycles. The maximum atomic E-state index is 10.8. The van der Waals surface area contributed by atoms with E-state index in [1.807, 2.05) is 0 Å². The Morgan fingerprint density at radius 3 is 2.45 bits per heavy atom. The monoisotopic (exact) mass is 321 g/mol. The molecule has 0 fully saturated rings. The minimum absolute atomic E-state index is 0.0584. The number of nitro benzene ring substituents is 1. The van der Waals surface area contributed by atoms with Crippen LogP contribution in [-0.4, -0.2) is 25.7 Å².